The van der Waals surface area contributed by atoms with Crippen LogP contribution >= 0.6 is 0 Å². The van der Waals surface area contributed by atoms with Crippen LogP contribution in [0.3, 0.4) is 0 Å². The molecule has 0 N–H and O–H groups in total. The number of hydrogen-bond acceptors (Lipinski definition) is 16. The Morgan fingerprint density at radius 2 is 0.378 bits per heavy atom. The smallest absolute Gasteiger partial charge is 0.148 e. The summed E-state index contributed by atoms with van der Waals surface area (Å²) in [4.78, 5) is 34.4. The normalized spacial score (nSPS) is 10.0. The molecule has 0 aromatic carbocycles. The number of nitrogens with zero attached hydrogens (tertiary/aromatic N) is 16. The summed E-state index contributed by atoms with van der Waals surface area (Å²) in [6.45, 7) is 73.4. The molecule has 0 aliphatic carbocycles. The van der Waals surface area contributed by atoms with Gasteiger partial charge in [0.2, 0.25) is 0 Å². The van der Waals surface area contributed by atoms with E-state index in [1.165, 1.54) is 89.0 Å². The van der Waals surface area contributed by atoms with Crippen molar-refractivity contribution in [1.82, 2.24) is 80.7 Å². The van der Waals surface area contributed by atoms with Crippen molar-refractivity contribution in [2.45, 2.75) is 249 Å². The van der Waals surface area contributed by atoms with Gasteiger partial charge < -0.3 is 0 Å². The Kier molecular flexibility index (Phi) is 32.9. The molecule has 0 unspecified atom stereocenters. The minimum Gasteiger partial charge on any atom is -0.261 e. The van der Waals surface area contributed by atoms with Crippen LogP contribution in [0.25, 0.3) is 0 Å². The number of aryl methyl sites for hydroxylation is 22. The Labute approximate surface area is 542 Å². The molecule has 0 saturated carbocycles. The number of hydrogen-bond donors (Lipinski definition) is 0. The zero-order chi connectivity index (χ0) is 69.5. The molecule has 16 heteroatoms. The van der Waals surface area contributed by atoms with Gasteiger partial charge in [-0.05, 0) is 338 Å². The van der Waals surface area contributed by atoms with Gasteiger partial charge in [-0.1, -0.05) is 0 Å². The maximum Gasteiger partial charge on any atom is 0.148 e. The van der Waals surface area contributed by atoms with Gasteiger partial charge in [-0.25, -0.2) is 9.97 Å². The highest BCUT2D eigenvalue weighted by Gasteiger charge is 2.08. The van der Waals surface area contributed by atoms with Gasteiger partial charge in [0.1, 0.15) is 11.6 Å². The van der Waals surface area contributed by atoms with Gasteiger partial charge in [0.25, 0.3) is 0 Å². The van der Waals surface area contributed by atoms with Gasteiger partial charge >= 0.3 is 0 Å². The van der Waals surface area contributed by atoms with Gasteiger partial charge in [0.15, 0.2) is 0 Å². The van der Waals surface area contributed by atoms with Crippen molar-refractivity contribution < 1.29 is 0 Å². The SMILES string of the molecule is Cc1cnc(C)c(C)c1C.Cc1cnnc(C)c1C.Cc1nc(C)c(C)c(C)c1C.Cc1nc(C)c(C)c(C)c1C.Cc1nc(C)c(C)c(C)c1C.Cc1nc(C)c(C)nc1C.Cc1nnc(C)c(C)c1C.Cc1nnc(C)c(C)n1.Cc1nnc(C)c(C)n1. The molecule has 0 fully saturated rings. The van der Waals surface area contributed by atoms with Crippen LogP contribution in [-0.2, 0) is 0 Å². The molecule has 9 aromatic heterocycles. The van der Waals surface area contributed by atoms with E-state index in [4.69, 9.17) is 0 Å². The zero-order valence-electron chi connectivity index (χ0n) is 62.3. The highest BCUT2D eigenvalue weighted by Crippen LogP contribution is 2.20. The molecular formula is C74H110N16. The van der Waals surface area contributed by atoms with Gasteiger partial charge in [-0.3, -0.25) is 29.9 Å². The summed E-state index contributed by atoms with van der Waals surface area (Å²) in [7, 11) is 0. The fourth-order valence-electron chi connectivity index (χ4n) is 8.14. The van der Waals surface area contributed by atoms with Crippen molar-refractivity contribution >= 4 is 0 Å². The van der Waals surface area contributed by atoms with Gasteiger partial charge in [0, 0.05) is 46.1 Å². The molecule has 90 heavy (non-hydrogen) atoms. The topological polar surface area (TPSA) is 206 Å². The summed E-state index contributed by atoms with van der Waals surface area (Å²) >= 11 is 0. The highest BCUT2D eigenvalue weighted by molar-refractivity contribution is 5.39. The van der Waals surface area contributed by atoms with E-state index in [9.17, 15) is 0 Å². The first-order valence-corrected chi connectivity index (χ1v) is 30.8. The Hall–Kier alpha value is -8.14. The lowest BCUT2D eigenvalue weighted by Gasteiger charge is -2.09. The molecule has 486 valence electrons. The fraction of sp³-hybridized carbons (Fsp3) is 0.486. The maximum atomic E-state index is 4.43. The Morgan fingerprint density at radius 1 is 0.156 bits per heavy atom. The van der Waals surface area contributed by atoms with Crippen molar-refractivity contribution in [3.63, 3.8) is 0 Å². The van der Waals surface area contributed by atoms with Crippen LogP contribution in [0, 0.1) is 249 Å². The van der Waals surface area contributed by atoms with Crippen molar-refractivity contribution in [1.29, 1.82) is 0 Å². The van der Waals surface area contributed by atoms with Crippen LogP contribution in [0.1, 0.15) is 203 Å². The van der Waals surface area contributed by atoms with Gasteiger partial charge in [-0.2, -0.15) is 30.6 Å². The third-order valence-electron chi connectivity index (χ3n) is 17.5. The van der Waals surface area contributed by atoms with Crippen molar-refractivity contribution in [2.24, 2.45) is 0 Å². The second kappa shape index (κ2) is 37.1. The number of aromatic nitrogens is 16. The van der Waals surface area contributed by atoms with Crippen molar-refractivity contribution in [3.05, 3.63) is 216 Å². The van der Waals surface area contributed by atoms with Crippen LogP contribution in [0.5, 0.6) is 0 Å². The van der Waals surface area contributed by atoms with E-state index in [0.717, 1.165) is 114 Å². The first kappa shape index (κ1) is 79.9. The third-order valence-corrected chi connectivity index (χ3v) is 17.5. The van der Waals surface area contributed by atoms with Crippen LogP contribution < -0.4 is 0 Å². The summed E-state index contributed by atoms with van der Waals surface area (Å²) < 4.78 is 0. The lowest BCUT2D eigenvalue weighted by atomic mass is 10.0. The molecule has 0 bridgehead atoms. The maximum absolute atomic E-state index is 4.43. The molecule has 0 radical (unpaired) electrons. The van der Waals surface area contributed by atoms with Crippen molar-refractivity contribution in [2.75, 3.05) is 0 Å². The summed E-state index contributed by atoms with van der Waals surface area (Å²) in [5, 5.41) is 31.0. The van der Waals surface area contributed by atoms with Crippen molar-refractivity contribution in [3.8, 4) is 0 Å². The summed E-state index contributed by atoms with van der Waals surface area (Å²) in [5.74, 6) is 1.47. The lowest BCUT2D eigenvalue weighted by molar-refractivity contribution is 0.848. The Morgan fingerprint density at radius 3 is 0.622 bits per heavy atom. The van der Waals surface area contributed by atoms with E-state index in [1.807, 2.05) is 110 Å². The molecule has 0 aliphatic rings. The van der Waals surface area contributed by atoms with E-state index < -0.39 is 0 Å². The number of rotatable bonds is 0. The molecule has 9 rings (SSSR count). The zero-order valence-corrected chi connectivity index (χ0v) is 62.3. The van der Waals surface area contributed by atoms with Crippen LogP contribution in [0.15, 0.2) is 12.4 Å². The average Bonchev–Trinajstić information content (AvgIpc) is 1.34. The largest absolute Gasteiger partial charge is 0.261 e. The molecule has 16 nitrogen and oxygen atoms in total. The van der Waals surface area contributed by atoms with Gasteiger partial charge in [-0.15, -0.1) is 10.2 Å². The lowest BCUT2D eigenvalue weighted by Crippen LogP contribution is -1.98. The third kappa shape index (κ3) is 24.7. The molecule has 0 amide bonds. The summed E-state index contributed by atoms with van der Waals surface area (Å²) in [5.41, 5.74) is 40.1. The quantitative estimate of drug-likeness (QED) is 0.138. The monoisotopic (exact) mass is 1220 g/mol. The van der Waals surface area contributed by atoms with E-state index in [2.05, 4.69) is 226 Å². The van der Waals surface area contributed by atoms with Crippen LogP contribution in [-0.4, -0.2) is 80.7 Å². The van der Waals surface area contributed by atoms with Gasteiger partial charge in [0.05, 0.1) is 68.8 Å². The molecule has 0 atom stereocenters. The number of pyridine rings is 4. The standard InChI is InChI=1S/3C10H15N.C9H13N.2C8H12N2.C7H10N2.2C6H9N3/c3*1-6-7(2)9(4)11-10(5)8(6)3;1-6-5-10-9(4)8(3)7(6)2;1-5-6(2)10-8(4)7(3)9-5;1-5-6(2)8(4)10-9-7(5)3;1-5-4-8-9-7(3)6(5)2;2*1-4-5(2)8-9-6(3)7-4/h3*1-5H3;5H,1-4H3;2*1-4H3;4H,1-3H3;2*1-3H3. The highest BCUT2D eigenvalue weighted by atomic mass is 15.2. The fourth-order valence-corrected chi connectivity index (χ4v) is 8.14. The van der Waals surface area contributed by atoms with E-state index in [0.29, 0.717) is 0 Å². The van der Waals surface area contributed by atoms with Crippen LogP contribution in [0.2, 0.25) is 0 Å². The molecule has 0 spiro atoms. The second-order valence-electron chi connectivity index (χ2n) is 23.7. The first-order chi connectivity index (χ1) is 41.6. The Balaban J connectivity index is 0.000000507. The molecule has 0 saturated heterocycles. The van der Waals surface area contributed by atoms with Crippen LogP contribution in [0.4, 0.5) is 0 Å². The van der Waals surface area contributed by atoms with E-state index in [1.54, 1.807) is 6.20 Å². The first-order valence-electron chi connectivity index (χ1n) is 30.8. The predicted octanol–water partition coefficient (Wildman–Crippen LogP) is 16.6. The molecule has 9 heterocycles. The predicted molar refractivity (Wildman–Crippen MR) is 373 cm³/mol. The Bertz CT molecular complexity index is 3410. The minimum absolute atomic E-state index is 0.734. The molecule has 0 aliphatic heterocycles. The average molecular weight is 1220 g/mol. The van der Waals surface area contributed by atoms with E-state index >= 15 is 0 Å². The second-order valence-corrected chi connectivity index (χ2v) is 23.7. The van der Waals surface area contributed by atoms with E-state index in [-0.39, 0.29) is 0 Å². The molecular weight excluding hydrogens is 1110 g/mol. The summed E-state index contributed by atoms with van der Waals surface area (Å²) in [6.07, 6.45) is 3.71. The minimum atomic E-state index is 0.734. The summed E-state index contributed by atoms with van der Waals surface area (Å²) in [6, 6.07) is 0. The molecule has 9 aromatic rings.